The first-order chi connectivity index (χ1) is 19.9. The van der Waals surface area contributed by atoms with Crippen LogP contribution in [-0.4, -0.2) is 16.7 Å². The minimum absolute atomic E-state index is 0.0215. The summed E-state index contributed by atoms with van der Waals surface area (Å²) in [6.07, 6.45) is 1.17. The van der Waals surface area contributed by atoms with E-state index < -0.39 is 34.6 Å². The molecule has 4 aromatic rings. The molecule has 1 aromatic heterocycles. The molecule has 3 aromatic carbocycles. The van der Waals surface area contributed by atoms with Gasteiger partial charge in [0.05, 0.1) is 12.3 Å². The average molecular weight is 579 g/mol. The summed E-state index contributed by atoms with van der Waals surface area (Å²) in [6, 6.07) is 20.1. The van der Waals surface area contributed by atoms with Gasteiger partial charge in [-0.05, 0) is 41.7 Å². The molecule has 1 aliphatic heterocycles. The van der Waals surface area contributed by atoms with Gasteiger partial charge in [0.1, 0.15) is 12.7 Å². The third-order valence-electron chi connectivity index (χ3n) is 7.82. The van der Waals surface area contributed by atoms with E-state index in [1.54, 1.807) is 6.07 Å². The quantitative estimate of drug-likeness (QED) is 0.240. The molecule has 1 saturated carbocycles. The molecule has 1 aliphatic carbocycles. The number of halogens is 2. The van der Waals surface area contributed by atoms with Crippen LogP contribution in [0.15, 0.2) is 93.2 Å². The van der Waals surface area contributed by atoms with Gasteiger partial charge in [0.2, 0.25) is 11.2 Å². The fraction of sp³-hybridized carbons (Fsp3) is 0.258. The highest BCUT2D eigenvalue weighted by Gasteiger charge is 2.54. The van der Waals surface area contributed by atoms with Crippen molar-refractivity contribution in [2.75, 3.05) is 6.54 Å². The monoisotopic (exact) mass is 578 g/mol. The lowest BCUT2D eigenvalue weighted by molar-refractivity contribution is -0.201. The Morgan fingerprint density at radius 3 is 2.56 bits per heavy atom. The third kappa shape index (κ3) is 5.29. The smallest absolute Gasteiger partial charge is 0.227 e. The topological polar surface area (TPSA) is 98.2 Å². The zero-order valence-corrected chi connectivity index (χ0v) is 22.8. The highest BCUT2D eigenvalue weighted by Crippen LogP contribution is 2.57. The number of nitrogens with zero attached hydrogens (tertiary/aromatic N) is 1. The Kier molecular flexibility index (Phi) is 7.67. The molecule has 41 heavy (non-hydrogen) atoms. The van der Waals surface area contributed by atoms with Gasteiger partial charge in [-0.2, -0.15) is 11.0 Å². The van der Waals surface area contributed by atoms with Gasteiger partial charge in [0.25, 0.3) is 0 Å². The lowest BCUT2D eigenvalue weighted by Crippen LogP contribution is -2.39. The molecular formula is C31H28F2N2O5S. The van der Waals surface area contributed by atoms with E-state index in [2.05, 4.69) is 0 Å². The minimum Gasteiger partial charge on any atom is -0.482 e. The van der Waals surface area contributed by atoms with Gasteiger partial charge in [0, 0.05) is 34.2 Å². The van der Waals surface area contributed by atoms with Gasteiger partial charge in [0.15, 0.2) is 17.4 Å². The summed E-state index contributed by atoms with van der Waals surface area (Å²) in [5.74, 6) is 4.21. The van der Waals surface area contributed by atoms with Crippen LogP contribution in [-0.2, 0) is 17.3 Å². The third-order valence-corrected chi connectivity index (χ3v) is 8.93. The second-order valence-electron chi connectivity index (χ2n) is 10.4. The molecule has 2 atom stereocenters. The van der Waals surface area contributed by atoms with Gasteiger partial charge in [-0.15, -0.1) is 11.8 Å². The highest BCUT2D eigenvalue weighted by molar-refractivity contribution is 7.98. The predicted octanol–water partition coefficient (Wildman–Crippen LogP) is 5.81. The summed E-state index contributed by atoms with van der Waals surface area (Å²) in [5, 5.41) is 13.1. The average Bonchev–Trinajstić information content (AvgIpc) is 3.80. The van der Waals surface area contributed by atoms with E-state index in [4.69, 9.17) is 20.0 Å². The lowest BCUT2D eigenvalue weighted by atomic mass is 9.91. The van der Waals surface area contributed by atoms with Crippen molar-refractivity contribution in [1.29, 1.82) is 0 Å². The van der Waals surface area contributed by atoms with Crippen molar-refractivity contribution in [3.05, 3.63) is 129 Å². The number of nitrogens with two attached hydrogens (primary N) is 1. The zero-order valence-electron chi connectivity index (χ0n) is 22.0. The van der Waals surface area contributed by atoms with E-state index in [0.717, 1.165) is 22.1 Å². The molecule has 2 heterocycles. The van der Waals surface area contributed by atoms with Crippen LogP contribution < -0.4 is 16.1 Å². The maximum absolute atomic E-state index is 15.0. The van der Waals surface area contributed by atoms with Crippen molar-refractivity contribution < 1.29 is 28.0 Å². The molecule has 0 saturated heterocycles. The molecule has 2 aliphatic rings. The maximum atomic E-state index is 15.0. The summed E-state index contributed by atoms with van der Waals surface area (Å²) in [5.41, 5.74) is 1.22. The summed E-state index contributed by atoms with van der Waals surface area (Å²) in [6.45, 7) is 0.235. The Morgan fingerprint density at radius 1 is 1.05 bits per heavy atom. The fourth-order valence-electron chi connectivity index (χ4n) is 5.41. The van der Waals surface area contributed by atoms with Crippen LogP contribution >= 0.6 is 11.8 Å². The molecule has 10 heteroatoms. The Bertz CT molecular complexity index is 1610. The van der Waals surface area contributed by atoms with E-state index in [1.807, 2.05) is 54.6 Å². The zero-order chi connectivity index (χ0) is 28.6. The molecule has 212 valence electrons. The normalized spacial score (nSPS) is 17.8. The van der Waals surface area contributed by atoms with E-state index in [9.17, 15) is 14.3 Å². The van der Waals surface area contributed by atoms with Crippen LogP contribution in [0.2, 0.25) is 0 Å². The minimum atomic E-state index is -1.22. The first-order valence-electron chi connectivity index (χ1n) is 13.2. The number of ether oxygens (including phenoxy) is 1. The van der Waals surface area contributed by atoms with Crippen molar-refractivity contribution in [3.63, 3.8) is 0 Å². The lowest BCUT2D eigenvalue weighted by Gasteiger charge is -2.34. The molecule has 1 fully saturated rings. The largest absolute Gasteiger partial charge is 0.482 e. The van der Waals surface area contributed by atoms with Crippen molar-refractivity contribution in [1.82, 2.24) is 5.06 Å². The van der Waals surface area contributed by atoms with Crippen LogP contribution in [0.1, 0.15) is 53.0 Å². The number of aliphatic hydroxyl groups is 1. The van der Waals surface area contributed by atoms with Gasteiger partial charge in [-0.1, -0.05) is 54.6 Å². The molecule has 3 N–H and O–H groups in total. The Balaban J connectivity index is 1.34. The van der Waals surface area contributed by atoms with E-state index >= 15 is 4.39 Å². The Labute approximate surface area is 239 Å². The maximum Gasteiger partial charge on any atom is 0.227 e. The molecule has 6 rings (SSSR count). The van der Waals surface area contributed by atoms with Crippen LogP contribution in [0, 0.1) is 17.0 Å². The van der Waals surface area contributed by atoms with E-state index in [1.165, 1.54) is 29.2 Å². The van der Waals surface area contributed by atoms with Crippen LogP contribution in [0.4, 0.5) is 8.78 Å². The SMILES string of the molecule is NON(CC1(C(O)c2occc(=O)c2OCc2ccccc2)CC1)[C@@H]1c2ccccc2SCc2c1ccc(F)c2F. The molecule has 0 spiro atoms. The van der Waals surface area contributed by atoms with Crippen molar-refractivity contribution in [2.24, 2.45) is 11.3 Å². The molecule has 0 radical (unpaired) electrons. The van der Waals surface area contributed by atoms with Gasteiger partial charge in [-0.3, -0.25) is 4.79 Å². The number of rotatable bonds is 9. The molecule has 7 nitrogen and oxygen atoms in total. The number of fused-ring (bicyclic) bond motifs is 2. The second-order valence-corrected chi connectivity index (χ2v) is 11.4. The van der Waals surface area contributed by atoms with Gasteiger partial charge >= 0.3 is 0 Å². The molecule has 1 unspecified atom stereocenters. The predicted molar refractivity (Wildman–Crippen MR) is 149 cm³/mol. The first-order valence-corrected chi connectivity index (χ1v) is 14.2. The number of thioether (sulfide) groups is 1. The molecule has 0 amide bonds. The van der Waals surface area contributed by atoms with Gasteiger partial charge < -0.3 is 14.3 Å². The van der Waals surface area contributed by atoms with Crippen LogP contribution in [0.5, 0.6) is 5.75 Å². The Morgan fingerprint density at radius 2 is 1.80 bits per heavy atom. The molecular weight excluding hydrogens is 550 g/mol. The van der Waals surface area contributed by atoms with Crippen molar-refractivity contribution in [2.45, 2.75) is 42.2 Å². The van der Waals surface area contributed by atoms with E-state index in [-0.39, 0.29) is 36.0 Å². The van der Waals surface area contributed by atoms with Crippen molar-refractivity contribution in [3.8, 4) is 5.75 Å². The number of benzene rings is 3. The number of aliphatic hydroxyl groups excluding tert-OH is 1. The summed E-state index contributed by atoms with van der Waals surface area (Å²) in [7, 11) is 0. The fourth-order valence-corrected chi connectivity index (χ4v) is 6.53. The van der Waals surface area contributed by atoms with Gasteiger partial charge in [-0.25, -0.2) is 13.7 Å². The first kappa shape index (κ1) is 27.6. The number of hydrogen-bond acceptors (Lipinski definition) is 8. The highest BCUT2D eigenvalue weighted by atomic mass is 32.2. The summed E-state index contributed by atoms with van der Waals surface area (Å²) in [4.78, 5) is 19.1. The standard InChI is InChI=1S/C31H28F2N2O5S/c32-23-11-10-20-22(26(23)33)17-41-25-9-5-4-8-21(25)27(20)35(40-34)18-31(13-14-31)30(37)29-28(24(36)12-15-38-29)39-16-19-6-2-1-3-7-19/h1-12,15,27,30,37H,13-14,16-18,34H2/t27-,30?/m0/s1. The number of hydrogen-bond donors (Lipinski definition) is 2. The van der Waals surface area contributed by atoms with Crippen LogP contribution in [0.3, 0.4) is 0 Å². The molecule has 0 bridgehead atoms. The second kappa shape index (κ2) is 11.4. The number of hydroxylamine groups is 2. The van der Waals surface area contributed by atoms with Crippen molar-refractivity contribution >= 4 is 11.8 Å². The Hall–Kier alpha value is -3.54. The van der Waals surface area contributed by atoms with Crippen LogP contribution in [0.25, 0.3) is 0 Å². The summed E-state index contributed by atoms with van der Waals surface area (Å²) < 4.78 is 40.8. The van der Waals surface area contributed by atoms with E-state index in [0.29, 0.717) is 18.4 Å². The summed E-state index contributed by atoms with van der Waals surface area (Å²) >= 11 is 1.41.